The Morgan fingerprint density at radius 3 is 3.05 bits per heavy atom. The van der Waals surface area contributed by atoms with E-state index in [0.717, 1.165) is 24.3 Å². The van der Waals surface area contributed by atoms with Gasteiger partial charge in [-0.1, -0.05) is 11.6 Å². The summed E-state index contributed by atoms with van der Waals surface area (Å²) in [5.41, 5.74) is 2.60. The zero-order chi connectivity index (χ0) is 14.7. The zero-order valence-electron chi connectivity index (χ0n) is 11.2. The molecule has 1 fully saturated rings. The molecule has 1 saturated heterocycles. The number of hydrogen-bond acceptors (Lipinski definition) is 5. The zero-order valence-corrected chi connectivity index (χ0v) is 12.0. The summed E-state index contributed by atoms with van der Waals surface area (Å²) in [7, 11) is 0. The topological polar surface area (TPSA) is 70.8 Å². The quantitative estimate of drug-likeness (QED) is 0.921. The Morgan fingerprint density at radius 2 is 2.29 bits per heavy atom. The van der Waals surface area contributed by atoms with E-state index in [1.165, 1.54) is 0 Å². The molecule has 1 aliphatic rings. The van der Waals surface area contributed by atoms with Crippen molar-refractivity contribution in [3.63, 3.8) is 0 Å². The molecule has 2 aromatic rings. The molecule has 0 spiro atoms. The third kappa shape index (κ3) is 3.19. The smallest absolute Gasteiger partial charge is 0.232 e. The number of aromatic nitrogens is 2. The summed E-state index contributed by atoms with van der Waals surface area (Å²) >= 11 is 6.22. The summed E-state index contributed by atoms with van der Waals surface area (Å²) < 4.78 is 5.48. The molecular weight excluding hydrogens is 288 g/mol. The molecule has 0 amide bonds. The van der Waals surface area contributed by atoms with Gasteiger partial charge in [0.1, 0.15) is 6.07 Å². The minimum Gasteiger partial charge on any atom is -0.378 e. The highest BCUT2D eigenvalue weighted by Crippen LogP contribution is 2.27. The normalized spacial score (nSPS) is 18.2. The number of rotatable bonds is 2. The van der Waals surface area contributed by atoms with Crippen molar-refractivity contribution >= 4 is 11.6 Å². The average molecular weight is 301 g/mol. The van der Waals surface area contributed by atoms with Gasteiger partial charge in [-0.25, -0.2) is 9.97 Å². The molecule has 3 rings (SSSR count). The van der Waals surface area contributed by atoms with Crippen molar-refractivity contribution in [2.75, 3.05) is 19.8 Å². The highest BCUT2D eigenvalue weighted by molar-refractivity contribution is 6.31. The summed E-state index contributed by atoms with van der Waals surface area (Å²) in [6.07, 6.45) is 1.57. The summed E-state index contributed by atoms with van der Waals surface area (Å²) in [5.74, 6) is 0.146. The Bertz CT molecular complexity index is 692. The fraction of sp³-hybridized carbons (Fsp3) is 0.267. The maximum absolute atomic E-state index is 8.89. The van der Waals surface area contributed by atoms with Gasteiger partial charge in [0.25, 0.3) is 0 Å². The lowest BCUT2D eigenvalue weighted by atomic mass is 10.0. The van der Waals surface area contributed by atoms with E-state index in [-0.39, 0.29) is 11.9 Å². The molecule has 2 heterocycles. The van der Waals surface area contributed by atoms with E-state index >= 15 is 0 Å². The van der Waals surface area contributed by atoms with Gasteiger partial charge >= 0.3 is 0 Å². The van der Waals surface area contributed by atoms with Crippen LogP contribution in [-0.4, -0.2) is 29.7 Å². The van der Waals surface area contributed by atoms with Gasteiger partial charge in [0.15, 0.2) is 0 Å². The van der Waals surface area contributed by atoms with Crippen molar-refractivity contribution in [1.29, 1.82) is 5.26 Å². The molecule has 21 heavy (non-hydrogen) atoms. The van der Waals surface area contributed by atoms with E-state index in [1.807, 2.05) is 24.3 Å². The monoisotopic (exact) mass is 300 g/mol. The molecule has 6 heteroatoms. The predicted molar refractivity (Wildman–Crippen MR) is 78.8 cm³/mol. The number of benzene rings is 1. The van der Waals surface area contributed by atoms with Gasteiger partial charge in [0.2, 0.25) is 5.82 Å². The molecule has 1 unspecified atom stereocenters. The number of nitriles is 1. The second kappa shape index (κ2) is 6.19. The Kier molecular flexibility index (Phi) is 4.11. The lowest BCUT2D eigenvalue weighted by Crippen LogP contribution is -2.34. The summed E-state index contributed by atoms with van der Waals surface area (Å²) in [4.78, 5) is 8.09. The van der Waals surface area contributed by atoms with Crippen LogP contribution < -0.4 is 5.32 Å². The van der Waals surface area contributed by atoms with Gasteiger partial charge in [0, 0.05) is 23.3 Å². The Hall–Kier alpha value is -2.00. The molecular formula is C15H13ClN4O. The van der Waals surface area contributed by atoms with Crippen LogP contribution in [0, 0.1) is 11.3 Å². The highest BCUT2D eigenvalue weighted by Gasteiger charge is 2.17. The number of hydrogen-bond donors (Lipinski definition) is 1. The van der Waals surface area contributed by atoms with Gasteiger partial charge in [-0.2, -0.15) is 5.26 Å². The van der Waals surface area contributed by atoms with Crippen LogP contribution in [0.5, 0.6) is 0 Å². The minimum atomic E-state index is 0.119. The molecule has 1 aromatic carbocycles. The predicted octanol–water partition coefficient (Wildman–Crippen LogP) is 2.33. The maximum atomic E-state index is 8.89. The number of morpholine rings is 1. The molecule has 0 bridgehead atoms. The Labute approximate surface area is 127 Å². The largest absolute Gasteiger partial charge is 0.378 e. The van der Waals surface area contributed by atoms with Crippen LogP contribution in [0.3, 0.4) is 0 Å². The first-order valence-electron chi connectivity index (χ1n) is 6.61. The SMILES string of the molecule is N#Cc1nccc(-c2cc(Cl)cc(C3COCCN3)c2)n1. The molecule has 106 valence electrons. The van der Waals surface area contributed by atoms with Crippen LogP contribution in [0.25, 0.3) is 11.3 Å². The van der Waals surface area contributed by atoms with Crippen LogP contribution in [-0.2, 0) is 4.74 Å². The lowest BCUT2D eigenvalue weighted by Gasteiger charge is -2.24. The van der Waals surface area contributed by atoms with Crippen molar-refractivity contribution in [2.45, 2.75) is 6.04 Å². The maximum Gasteiger partial charge on any atom is 0.232 e. The molecule has 1 atom stereocenters. The molecule has 1 N–H and O–H groups in total. The first-order valence-corrected chi connectivity index (χ1v) is 6.99. The first-order chi connectivity index (χ1) is 10.3. The molecule has 1 aromatic heterocycles. The molecule has 0 saturated carbocycles. The van der Waals surface area contributed by atoms with E-state index < -0.39 is 0 Å². The number of nitrogens with zero attached hydrogens (tertiary/aromatic N) is 3. The third-order valence-corrected chi connectivity index (χ3v) is 3.51. The van der Waals surface area contributed by atoms with Crippen molar-refractivity contribution in [1.82, 2.24) is 15.3 Å². The summed E-state index contributed by atoms with van der Waals surface area (Å²) in [6.45, 7) is 2.16. The van der Waals surface area contributed by atoms with Gasteiger partial charge < -0.3 is 10.1 Å². The Morgan fingerprint density at radius 1 is 1.38 bits per heavy atom. The van der Waals surface area contributed by atoms with Crippen molar-refractivity contribution < 1.29 is 4.74 Å². The number of halogens is 1. The minimum absolute atomic E-state index is 0.119. The van der Waals surface area contributed by atoms with Crippen LogP contribution >= 0.6 is 11.6 Å². The van der Waals surface area contributed by atoms with Crippen molar-refractivity contribution in [3.8, 4) is 17.3 Å². The van der Waals surface area contributed by atoms with Crippen LogP contribution in [0.1, 0.15) is 17.4 Å². The highest BCUT2D eigenvalue weighted by atomic mass is 35.5. The summed E-state index contributed by atoms with van der Waals surface area (Å²) in [5, 5.41) is 12.9. The fourth-order valence-electron chi connectivity index (χ4n) is 2.31. The summed E-state index contributed by atoms with van der Waals surface area (Å²) in [6, 6.07) is 9.59. The van der Waals surface area contributed by atoms with Gasteiger partial charge in [0.05, 0.1) is 24.9 Å². The second-order valence-corrected chi connectivity index (χ2v) is 5.17. The van der Waals surface area contributed by atoms with Gasteiger partial charge in [-0.15, -0.1) is 0 Å². The van der Waals surface area contributed by atoms with Crippen molar-refractivity contribution in [2.24, 2.45) is 0 Å². The van der Waals surface area contributed by atoms with E-state index in [9.17, 15) is 0 Å². The van der Waals surface area contributed by atoms with E-state index in [2.05, 4.69) is 15.3 Å². The number of nitrogens with one attached hydrogen (secondary N) is 1. The molecule has 0 aliphatic carbocycles. The van der Waals surface area contributed by atoms with Crippen LogP contribution in [0.15, 0.2) is 30.5 Å². The van der Waals surface area contributed by atoms with E-state index in [4.69, 9.17) is 21.6 Å². The Balaban J connectivity index is 1.98. The van der Waals surface area contributed by atoms with Crippen LogP contribution in [0.4, 0.5) is 0 Å². The first kappa shape index (κ1) is 14.0. The fourth-order valence-corrected chi connectivity index (χ4v) is 2.56. The average Bonchev–Trinajstić information content (AvgIpc) is 2.55. The van der Waals surface area contributed by atoms with Crippen LogP contribution in [0.2, 0.25) is 5.02 Å². The van der Waals surface area contributed by atoms with E-state index in [1.54, 1.807) is 12.3 Å². The number of ether oxygens (including phenoxy) is 1. The molecule has 1 aliphatic heterocycles. The molecule has 5 nitrogen and oxygen atoms in total. The third-order valence-electron chi connectivity index (χ3n) is 3.30. The second-order valence-electron chi connectivity index (χ2n) is 4.73. The van der Waals surface area contributed by atoms with Gasteiger partial charge in [-0.3, -0.25) is 0 Å². The lowest BCUT2D eigenvalue weighted by molar-refractivity contribution is 0.0769. The van der Waals surface area contributed by atoms with Gasteiger partial charge in [-0.05, 0) is 29.8 Å². The standard InChI is InChI=1S/C15H13ClN4O/c16-12-6-10(13-1-2-19-15(8-17)20-13)5-11(7-12)14-9-21-4-3-18-14/h1-2,5-7,14,18H,3-4,9H2. The van der Waals surface area contributed by atoms with E-state index in [0.29, 0.717) is 17.3 Å². The van der Waals surface area contributed by atoms with Crippen molar-refractivity contribution in [3.05, 3.63) is 46.9 Å². The molecule has 0 radical (unpaired) electrons.